The van der Waals surface area contributed by atoms with E-state index < -0.39 is 18.1 Å². The first-order valence-corrected chi connectivity index (χ1v) is 8.10. The van der Waals surface area contributed by atoms with Crippen LogP contribution in [0.25, 0.3) is 0 Å². The first kappa shape index (κ1) is 17.3. The third-order valence-corrected chi connectivity index (χ3v) is 4.09. The number of primary amides is 1. The van der Waals surface area contributed by atoms with Gasteiger partial charge >= 0.3 is 0 Å². The number of ether oxygens (including phenoxy) is 1. The van der Waals surface area contributed by atoms with Crippen LogP contribution in [0.2, 0.25) is 0 Å². The summed E-state index contributed by atoms with van der Waals surface area (Å²) >= 11 is 0. The second-order valence-corrected chi connectivity index (χ2v) is 6.40. The third kappa shape index (κ3) is 4.33. The van der Waals surface area contributed by atoms with E-state index >= 15 is 0 Å². The zero-order valence-corrected chi connectivity index (χ0v) is 14.2. The molecular formula is C17H21FN4O3. The SMILES string of the molecule is Cc1cc(C)cc(OCc2noc(CN3C[C@H](F)C[C@H]3C(N)=O)n2)c1. The molecule has 25 heavy (non-hydrogen) atoms. The first-order valence-electron chi connectivity index (χ1n) is 8.10. The van der Waals surface area contributed by atoms with Crippen molar-refractivity contribution >= 4 is 5.91 Å². The molecule has 0 saturated carbocycles. The van der Waals surface area contributed by atoms with E-state index in [9.17, 15) is 9.18 Å². The topological polar surface area (TPSA) is 94.5 Å². The van der Waals surface area contributed by atoms with Crippen molar-refractivity contribution in [3.05, 3.63) is 41.0 Å². The molecule has 1 aliphatic rings. The van der Waals surface area contributed by atoms with Gasteiger partial charge in [-0.3, -0.25) is 9.69 Å². The molecule has 0 aliphatic carbocycles. The number of carbonyl (C=O) groups is 1. The summed E-state index contributed by atoms with van der Waals surface area (Å²) in [4.78, 5) is 17.2. The molecule has 1 aliphatic heterocycles. The van der Waals surface area contributed by atoms with Gasteiger partial charge < -0.3 is 15.0 Å². The number of halogens is 1. The van der Waals surface area contributed by atoms with Crippen molar-refractivity contribution in [2.75, 3.05) is 6.54 Å². The number of nitrogens with two attached hydrogens (primary N) is 1. The van der Waals surface area contributed by atoms with E-state index in [1.165, 1.54) is 0 Å². The van der Waals surface area contributed by atoms with Gasteiger partial charge in [-0.25, -0.2) is 4.39 Å². The lowest BCUT2D eigenvalue weighted by Crippen LogP contribution is -2.39. The minimum absolute atomic E-state index is 0.103. The van der Waals surface area contributed by atoms with E-state index in [2.05, 4.69) is 16.2 Å². The maximum absolute atomic E-state index is 13.5. The van der Waals surface area contributed by atoms with Crippen molar-refractivity contribution in [3.8, 4) is 5.75 Å². The van der Waals surface area contributed by atoms with Crippen molar-refractivity contribution in [1.82, 2.24) is 15.0 Å². The molecule has 2 atom stereocenters. The number of likely N-dealkylation sites (tertiary alicyclic amines) is 1. The summed E-state index contributed by atoms with van der Waals surface area (Å²) in [5.74, 6) is 0.885. The van der Waals surface area contributed by atoms with Gasteiger partial charge in [0.25, 0.3) is 0 Å². The van der Waals surface area contributed by atoms with Gasteiger partial charge in [0, 0.05) is 13.0 Å². The fourth-order valence-corrected chi connectivity index (χ4v) is 3.07. The number of rotatable bonds is 6. The molecule has 0 unspecified atom stereocenters. The molecule has 1 aromatic carbocycles. The van der Waals surface area contributed by atoms with E-state index in [-0.39, 0.29) is 26.1 Å². The van der Waals surface area contributed by atoms with Gasteiger partial charge in [0.05, 0.1) is 12.6 Å². The van der Waals surface area contributed by atoms with Crippen LogP contribution in [-0.2, 0) is 17.9 Å². The molecule has 1 aromatic heterocycles. The van der Waals surface area contributed by atoms with E-state index in [0.29, 0.717) is 11.7 Å². The lowest BCUT2D eigenvalue weighted by atomic mass is 10.1. The minimum Gasteiger partial charge on any atom is -0.485 e. The number of aryl methyl sites for hydroxylation is 2. The quantitative estimate of drug-likeness (QED) is 0.853. The van der Waals surface area contributed by atoms with E-state index in [4.69, 9.17) is 15.0 Å². The van der Waals surface area contributed by atoms with Gasteiger partial charge in [-0.2, -0.15) is 4.98 Å². The Labute approximate surface area is 144 Å². The third-order valence-electron chi connectivity index (χ3n) is 4.09. The minimum atomic E-state index is -1.08. The molecule has 7 nitrogen and oxygen atoms in total. The maximum Gasteiger partial charge on any atom is 0.240 e. The average molecular weight is 348 g/mol. The molecule has 0 bridgehead atoms. The van der Waals surface area contributed by atoms with E-state index in [0.717, 1.165) is 16.9 Å². The van der Waals surface area contributed by atoms with Gasteiger partial charge in [0.15, 0.2) is 6.61 Å². The lowest BCUT2D eigenvalue weighted by Gasteiger charge is -2.18. The molecule has 3 rings (SSSR count). The molecule has 2 N–H and O–H groups in total. The van der Waals surface area contributed by atoms with Crippen LogP contribution in [0.3, 0.4) is 0 Å². The van der Waals surface area contributed by atoms with Crippen LogP contribution in [0.4, 0.5) is 4.39 Å². The number of aromatic nitrogens is 2. The number of benzene rings is 1. The Bertz CT molecular complexity index is 744. The summed E-state index contributed by atoms with van der Waals surface area (Å²) in [7, 11) is 0. The number of nitrogens with zero attached hydrogens (tertiary/aromatic N) is 3. The van der Waals surface area contributed by atoms with Crippen LogP contribution in [0.15, 0.2) is 22.7 Å². The predicted octanol–water partition coefficient (Wildman–Crippen LogP) is 1.66. The maximum atomic E-state index is 13.5. The second-order valence-electron chi connectivity index (χ2n) is 6.40. The molecule has 8 heteroatoms. The molecule has 1 saturated heterocycles. The van der Waals surface area contributed by atoms with Gasteiger partial charge in [-0.05, 0) is 37.1 Å². The van der Waals surface area contributed by atoms with Gasteiger partial charge in [-0.1, -0.05) is 11.2 Å². The standard InChI is InChI=1S/C17H21FN4O3/c1-10-3-11(2)5-13(4-10)24-9-15-20-16(25-21-15)8-22-7-12(18)6-14(22)17(19)23/h3-5,12,14H,6-9H2,1-2H3,(H2,19,23)/t12-,14+/m1/s1. The molecule has 134 valence electrons. The average Bonchev–Trinajstić information content (AvgIpc) is 3.11. The fourth-order valence-electron chi connectivity index (χ4n) is 3.07. The number of carbonyl (C=O) groups excluding carboxylic acids is 1. The van der Waals surface area contributed by atoms with E-state index in [1.54, 1.807) is 4.90 Å². The molecular weight excluding hydrogens is 327 g/mol. The Balaban J connectivity index is 1.59. The van der Waals surface area contributed by atoms with Crippen molar-refractivity contribution in [2.45, 2.75) is 45.6 Å². The van der Waals surface area contributed by atoms with Crippen LogP contribution in [0.1, 0.15) is 29.3 Å². The summed E-state index contributed by atoms with van der Waals surface area (Å²) in [5.41, 5.74) is 7.53. The van der Waals surface area contributed by atoms with Crippen LogP contribution in [0.5, 0.6) is 5.75 Å². The van der Waals surface area contributed by atoms with E-state index in [1.807, 2.05) is 26.0 Å². The van der Waals surface area contributed by atoms with Crippen molar-refractivity contribution in [1.29, 1.82) is 0 Å². The van der Waals surface area contributed by atoms with Crippen LogP contribution >= 0.6 is 0 Å². The Morgan fingerprint density at radius 1 is 1.40 bits per heavy atom. The number of hydrogen-bond acceptors (Lipinski definition) is 6. The highest BCUT2D eigenvalue weighted by atomic mass is 19.1. The Morgan fingerprint density at radius 3 is 2.80 bits per heavy atom. The van der Waals surface area contributed by atoms with Gasteiger partial charge in [0.1, 0.15) is 11.9 Å². The highest BCUT2D eigenvalue weighted by Crippen LogP contribution is 2.22. The Hall–Kier alpha value is -2.48. The number of alkyl halides is 1. The van der Waals surface area contributed by atoms with Gasteiger partial charge in [0.2, 0.25) is 17.6 Å². The summed E-state index contributed by atoms with van der Waals surface area (Å²) in [6, 6.07) is 5.27. The second kappa shape index (κ2) is 7.18. The smallest absolute Gasteiger partial charge is 0.240 e. The van der Waals surface area contributed by atoms with Crippen molar-refractivity contribution in [3.63, 3.8) is 0 Å². The van der Waals surface area contributed by atoms with Crippen molar-refractivity contribution < 1.29 is 18.4 Å². The zero-order valence-electron chi connectivity index (χ0n) is 14.2. The molecule has 1 fully saturated rings. The number of hydrogen-bond donors (Lipinski definition) is 1. The molecule has 2 aromatic rings. The summed E-state index contributed by atoms with van der Waals surface area (Å²) in [6.45, 7) is 4.47. The van der Waals surface area contributed by atoms with Crippen LogP contribution in [-0.4, -0.2) is 39.7 Å². The highest BCUT2D eigenvalue weighted by molar-refractivity contribution is 5.80. The zero-order chi connectivity index (χ0) is 18.0. The normalized spacial score (nSPS) is 20.8. The fraction of sp³-hybridized carbons (Fsp3) is 0.471. The summed E-state index contributed by atoms with van der Waals surface area (Å²) in [6.07, 6.45) is -0.973. The van der Waals surface area contributed by atoms with Gasteiger partial charge in [-0.15, -0.1) is 0 Å². The molecule has 2 heterocycles. The molecule has 1 amide bonds. The first-order chi connectivity index (χ1) is 11.9. The molecule has 0 radical (unpaired) electrons. The summed E-state index contributed by atoms with van der Waals surface area (Å²) < 4.78 is 24.4. The Kier molecular flexibility index (Phi) is 4.98. The van der Waals surface area contributed by atoms with Crippen LogP contribution in [0, 0.1) is 13.8 Å². The monoisotopic (exact) mass is 348 g/mol. The predicted molar refractivity (Wildman–Crippen MR) is 87.5 cm³/mol. The lowest BCUT2D eigenvalue weighted by molar-refractivity contribution is -0.122. The largest absolute Gasteiger partial charge is 0.485 e. The highest BCUT2D eigenvalue weighted by Gasteiger charge is 2.36. The summed E-state index contributed by atoms with van der Waals surface area (Å²) in [5, 5.41) is 3.86. The Morgan fingerprint density at radius 2 is 2.12 bits per heavy atom. The molecule has 0 spiro atoms. The van der Waals surface area contributed by atoms with Crippen LogP contribution < -0.4 is 10.5 Å². The number of amides is 1. The van der Waals surface area contributed by atoms with Crippen molar-refractivity contribution in [2.24, 2.45) is 5.73 Å².